The molecule has 0 saturated carbocycles. The summed E-state index contributed by atoms with van der Waals surface area (Å²) in [6.07, 6.45) is -0.645. The Labute approximate surface area is 60.5 Å². The van der Waals surface area contributed by atoms with Crippen LogP contribution >= 0.6 is 0 Å². The van der Waals surface area contributed by atoms with Crippen molar-refractivity contribution in [2.24, 2.45) is 5.41 Å². The van der Waals surface area contributed by atoms with Crippen LogP contribution in [-0.2, 0) is 9.47 Å². The standard InChI is InChI=1S/C7H11NO2/c1-7(2)4-9-6(3-8)10-5-7/h6H,4-5H2,1-2H3. The van der Waals surface area contributed by atoms with Crippen LogP contribution in [0.4, 0.5) is 0 Å². The predicted octanol–water partition coefficient (Wildman–Crippen LogP) is 0.909. The van der Waals surface area contributed by atoms with E-state index in [9.17, 15) is 0 Å². The Kier molecular flexibility index (Phi) is 1.93. The minimum absolute atomic E-state index is 0.0628. The normalized spacial score (nSPS) is 25.7. The molecular weight excluding hydrogens is 130 g/mol. The number of nitrogens with zero attached hydrogens (tertiary/aromatic N) is 1. The van der Waals surface area contributed by atoms with E-state index in [0.717, 1.165) is 0 Å². The summed E-state index contributed by atoms with van der Waals surface area (Å²) in [5.74, 6) is 0. The first-order valence-electron chi connectivity index (χ1n) is 3.27. The van der Waals surface area contributed by atoms with Gasteiger partial charge < -0.3 is 9.47 Å². The van der Waals surface area contributed by atoms with E-state index in [0.29, 0.717) is 13.2 Å². The zero-order chi connectivity index (χ0) is 7.61. The van der Waals surface area contributed by atoms with Crippen LogP contribution in [0.15, 0.2) is 0 Å². The van der Waals surface area contributed by atoms with Crippen molar-refractivity contribution in [1.82, 2.24) is 0 Å². The number of ether oxygens (including phenoxy) is 2. The van der Waals surface area contributed by atoms with Gasteiger partial charge in [0.2, 0.25) is 6.29 Å². The highest BCUT2D eigenvalue weighted by atomic mass is 16.7. The summed E-state index contributed by atoms with van der Waals surface area (Å²) in [4.78, 5) is 0. The zero-order valence-electron chi connectivity index (χ0n) is 6.26. The smallest absolute Gasteiger partial charge is 0.248 e. The summed E-state index contributed by atoms with van der Waals surface area (Å²) >= 11 is 0. The van der Waals surface area contributed by atoms with E-state index < -0.39 is 6.29 Å². The van der Waals surface area contributed by atoms with Crippen molar-refractivity contribution in [3.05, 3.63) is 0 Å². The fourth-order valence-corrected chi connectivity index (χ4v) is 0.767. The molecule has 1 fully saturated rings. The van der Waals surface area contributed by atoms with Gasteiger partial charge in [-0.2, -0.15) is 5.26 Å². The molecular formula is C7H11NO2. The zero-order valence-corrected chi connectivity index (χ0v) is 6.26. The minimum atomic E-state index is -0.645. The van der Waals surface area contributed by atoms with Crippen molar-refractivity contribution in [3.63, 3.8) is 0 Å². The first kappa shape index (κ1) is 7.52. The van der Waals surface area contributed by atoms with Crippen molar-refractivity contribution in [1.29, 1.82) is 5.26 Å². The number of rotatable bonds is 0. The van der Waals surface area contributed by atoms with Crippen LogP contribution in [0.1, 0.15) is 13.8 Å². The highest BCUT2D eigenvalue weighted by molar-refractivity contribution is 4.81. The highest BCUT2D eigenvalue weighted by Crippen LogP contribution is 2.22. The topological polar surface area (TPSA) is 42.2 Å². The van der Waals surface area contributed by atoms with Crippen LogP contribution in [0.3, 0.4) is 0 Å². The molecule has 3 heteroatoms. The van der Waals surface area contributed by atoms with Gasteiger partial charge in [-0.25, -0.2) is 0 Å². The van der Waals surface area contributed by atoms with Crippen molar-refractivity contribution >= 4 is 0 Å². The molecule has 0 bridgehead atoms. The average molecular weight is 141 g/mol. The van der Waals surface area contributed by atoms with Gasteiger partial charge in [0.05, 0.1) is 13.2 Å². The Hall–Kier alpha value is -0.590. The van der Waals surface area contributed by atoms with Crippen LogP contribution in [0.2, 0.25) is 0 Å². The van der Waals surface area contributed by atoms with Gasteiger partial charge >= 0.3 is 0 Å². The van der Waals surface area contributed by atoms with E-state index in [1.165, 1.54) is 0 Å². The predicted molar refractivity (Wildman–Crippen MR) is 35.1 cm³/mol. The lowest BCUT2D eigenvalue weighted by Crippen LogP contribution is -2.36. The molecule has 0 aromatic carbocycles. The van der Waals surface area contributed by atoms with Crippen molar-refractivity contribution in [2.75, 3.05) is 13.2 Å². The lowest BCUT2D eigenvalue weighted by Gasteiger charge is -2.31. The maximum Gasteiger partial charge on any atom is 0.248 e. The molecule has 0 unspecified atom stereocenters. The first-order valence-corrected chi connectivity index (χ1v) is 3.27. The van der Waals surface area contributed by atoms with Crippen molar-refractivity contribution < 1.29 is 9.47 Å². The van der Waals surface area contributed by atoms with Crippen LogP contribution in [-0.4, -0.2) is 19.5 Å². The molecule has 0 radical (unpaired) electrons. The summed E-state index contributed by atoms with van der Waals surface area (Å²) in [6, 6.07) is 1.90. The molecule has 0 aromatic heterocycles. The third kappa shape index (κ3) is 1.69. The summed E-state index contributed by atoms with van der Waals surface area (Å²) in [7, 11) is 0. The van der Waals surface area contributed by atoms with Crippen LogP contribution in [0.25, 0.3) is 0 Å². The molecule has 0 aliphatic carbocycles. The molecule has 1 aliphatic heterocycles. The Morgan fingerprint density at radius 3 is 2.30 bits per heavy atom. The lowest BCUT2D eigenvalue weighted by atomic mass is 9.96. The minimum Gasteiger partial charge on any atom is -0.340 e. The lowest BCUT2D eigenvalue weighted by molar-refractivity contribution is -0.193. The van der Waals surface area contributed by atoms with Crippen LogP contribution in [0, 0.1) is 16.7 Å². The Morgan fingerprint density at radius 2 is 1.90 bits per heavy atom. The average Bonchev–Trinajstić information content (AvgIpc) is 1.88. The molecule has 1 saturated heterocycles. The monoisotopic (exact) mass is 141 g/mol. The van der Waals surface area contributed by atoms with Gasteiger partial charge in [0, 0.05) is 5.41 Å². The second-order valence-corrected chi connectivity index (χ2v) is 3.25. The second kappa shape index (κ2) is 2.57. The van der Waals surface area contributed by atoms with Crippen LogP contribution in [0.5, 0.6) is 0 Å². The maximum atomic E-state index is 8.36. The summed E-state index contributed by atoms with van der Waals surface area (Å²) < 4.78 is 10.1. The molecule has 0 amide bonds. The van der Waals surface area contributed by atoms with E-state index in [-0.39, 0.29) is 5.41 Å². The van der Waals surface area contributed by atoms with Gasteiger partial charge in [0.1, 0.15) is 6.07 Å². The molecule has 1 heterocycles. The van der Waals surface area contributed by atoms with E-state index in [4.69, 9.17) is 14.7 Å². The van der Waals surface area contributed by atoms with Gasteiger partial charge in [-0.1, -0.05) is 13.8 Å². The van der Waals surface area contributed by atoms with Gasteiger partial charge in [0.15, 0.2) is 0 Å². The van der Waals surface area contributed by atoms with Gasteiger partial charge in [-0.15, -0.1) is 0 Å². The summed E-state index contributed by atoms with van der Waals surface area (Å²) in [5, 5.41) is 8.36. The van der Waals surface area contributed by atoms with Crippen LogP contribution < -0.4 is 0 Å². The Balaban J connectivity index is 2.40. The van der Waals surface area contributed by atoms with Gasteiger partial charge in [-0.3, -0.25) is 0 Å². The van der Waals surface area contributed by atoms with E-state index in [2.05, 4.69) is 0 Å². The Bertz CT molecular complexity index is 149. The molecule has 3 nitrogen and oxygen atoms in total. The largest absolute Gasteiger partial charge is 0.340 e. The second-order valence-electron chi connectivity index (χ2n) is 3.25. The summed E-state index contributed by atoms with van der Waals surface area (Å²) in [5.41, 5.74) is 0.0628. The van der Waals surface area contributed by atoms with E-state index in [1.54, 1.807) is 0 Å². The van der Waals surface area contributed by atoms with Crippen molar-refractivity contribution in [2.45, 2.75) is 20.1 Å². The Morgan fingerprint density at radius 1 is 1.40 bits per heavy atom. The SMILES string of the molecule is CC1(C)COC(C#N)OC1. The van der Waals surface area contributed by atoms with Gasteiger partial charge in [-0.05, 0) is 0 Å². The molecule has 0 N–H and O–H groups in total. The third-order valence-electron chi connectivity index (χ3n) is 1.36. The quantitative estimate of drug-likeness (QED) is 0.503. The fourth-order valence-electron chi connectivity index (χ4n) is 0.767. The van der Waals surface area contributed by atoms with E-state index >= 15 is 0 Å². The van der Waals surface area contributed by atoms with Gasteiger partial charge in [0.25, 0.3) is 0 Å². The number of hydrogen-bond donors (Lipinski definition) is 0. The highest BCUT2D eigenvalue weighted by Gasteiger charge is 2.27. The third-order valence-corrected chi connectivity index (χ3v) is 1.36. The van der Waals surface area contributed by atoms with E-state index in [1.807, 2.05) is 19.9 Å². The molecule has 10 heavy (non-hydrogen) atoms. The molecule has 56 valence electrons. The number of nitriles is 1. The van der Waals surface area contributed by atoms with Crippen molar-refractivity contribution in [3.8, 4) is 6.07 Å². The fraction of sp³-hybridized carbons (Fsp3) is 0.857. The molecule has 0 atom stereocenters. The summed E-state index contributed by atoms with van der Waals surface area (Å²) in [6.45, 7) is 5.29. The number of hydrogen-bond acceptors (Lipinski definition) is 3. The molecule has 1 aliphatic rings. The first-order chi connectivity index (χ1) is 4.64. The molecule has 0 aromatic rings. The maximum absolute atomic E-state index is 8.36. The molecule has 0 spiro atoms. The molecule has 1 rings (SSSR count).